The standard InChI is InChI=1S/C28H47N3O4/c1-10-12-13-17-29-25(32)24(22-16-14-15-20(5)18-22)31(21(6)11-2)26(33)23(19(3)4)30-27(34)35-28(7,8)9/h14-16,18-19,21,23-24H,10-13,17H2,1-9H3,(H,29,32)(H,30,34). The second kappa shape index (κ2) is 14.1. The van der Waals surface area contributed by atoms with E-state index >= 15 is 0 Å². The van der Waals surface area contributed by atoms with E-state index in [1.54, 1.807) is 25.7 Å². The molecule has 0 aromatic heterocycles. The first kappa shape index (κ1) is 30.5. The molecule has 0 aliphatic heterocycles. The summed E-state index contributed by atoms with van der Waals surface area (Å²) in [6, 6.07) is 5.84. The van der Waals surface area contributed by atoms with Crippen LogP contribution in [0.5, 0.6) is 0 Å². The van der Waals surface area contributed by atoms with E-state index in [1.807, 2.05) is 58.9 Å². The summed E-state index contributed by atoms with van der Waals surface area (Å²) in [7, 11) is 0. The highest BCUT2D eigenvalue weighted by atomic mass is 16.6. The van der Waals surface area contributed by atoms with Gasteiger partial charge in [0.15, 0.2) is 0 Å². The first-order chi connectivity index (χ1) is 16.3. The number of nitrogens with one attached hydrogen (secondary N) is 2. The number of rotatable bonds is 12. The molecule has 0 fully saturated rings. The molecule has 0 saturated heterocycles. The predicted octanol–water partition coefficient (Wildman–Crippen LogP) is 5.52. The van der Waals surface area contributed by atoms with Crippen molar-refractivity contribution in [3.8, 4) is 0 Å². The Kier molecular flexibility index (Phi) is 12.3. The van der Waals surface area contributed by atoms with Crippen LogP contribution in [0.1, 0.15) is 98.2 Å². The third-order valence-electron chi connectivity index (χ3n) is 5.89. The fraction of sp³-hybridized carbons (Fsp3) is 0.679. The van der Waals surface area contributed by atoms with Crippen molar-refractivity contribution in [3.63, 3.8) is 0 Å². The molecule has 7 heteroatoms. The van der Waals surface area contributed by atoms with Crippen molar-refractivity contribution < 1.29 is 19.1 Å². The van der Waals surface area contributed by atoms with E-state index in [-0.39, 0.29) is 23.8 Å². The zero-order chi connectivity index (χ0) is 26.8. The van der Waals surface area contributed by atoms with Gasteiger partial charge in [-0.25, -0.2) is 4.79 Å². The minimum Gasteiger partial charge on any atom is -0.444 e. The Labute approximate surface area is 212 Å². The van der Waals surface area contributed by atoms with Gasteiger partial charge >= 0.3 is 6.09 Å². The minimum absolute atomic E-state index is 0.202. The first-order valence-corrected chi connectivity index (χ1v) is 13.0. The molecule has 0 saturated carbocycles. The summed E-state index contributed by atoms with van der Waals surface area (Å²) >= 11 is 0. The summed E-state index contributed by atoms with van der Waals surface area (Å²) < 4.78 is 5.42. The van der Waals surface area contributed by atoms with E-state index in [0.29, 0.717) is 13.0 Å². The van der Waals surface area contributed by atoms with Gasteiger partial charge in [-0.3, -0.25) is 9.59 Å². The molecule has 1 aromatic carbocycles. The molecule has 3 amide bonds. The molecule has 0 radical (unpaired) electrons. The van der Waals surface area contributed by atoms with E-state index in [4.69, 9.17) is 4.74 Å². The fourth-order valence-electron chi connectivity index (χ4n) is 3.87. The molecule has 0 heterocycles. The number of benzene rings is 1. The third kappa shape index (κ3) is 9.90. The number of amides is 3. The third-order valence-corrected chi connectivity index (χ3v) is 5.89. The Morgan fingerprint density at radius 3 is 2.23 bits per heavy atom. The topological polar surface area (TPSA) is 87.7 Å². The van der Waals surface area contributed by atoms with Crippen molar-refractivity contribution in [2.75, 3.05) is 6.54 Å². The van der Waals surface area contributed by atoms with Crippen LogP contribution in [0.25, 0.3) is 0 Å². The SMILES string of the molecule is CCCCCNC(=O)C(c1cccc(C)c1)N(C(=O)C(NC(=O)OC(C)(C)C)C(C)C)C(C)CC. The summed E-state index contributed by atoms with van der Waals surface area (Å²) in [6.45, 7) is 17.7. The lowest BCUT2D eigenvalue weighted by molar-refractivity contribution is -0.146. The molecule has 2 N–H and O–H groups in total. The van der Waals surface area contributed by atoms with Gasteiger partial charge < -0.3 is 20.3 Å². The Morgan fingerprint density at radius 1 is 1.06 bits per heavy atom. The minimum atomic E-state index is -0.834. The number of hydrogen-bond donors (Lipinski definition) is 2. The second-order valence-electron chi connectivity index (χ2n) is 10.7. The molecule has 0 spiro atoms. The largest absolute Gasteiger partial charge is 0.444 e. The Morgan fingerprint density at radius 2 is 1.71 bits per heavy atom. The van der Waals surface area contributed by atoms with Gasteiger partial charge in [0, 0.05) is 12.6 Å². The van der Waals surface area contributed by atoms with Crippen molar-refractivity contribution in [1.29, 1.82) is 0 Å². The summed E-state index contributed by atoms with van der Waals surface area (Å²) in [5, 5.41) is 5.81. The van der Waals surface area contributed by atoms with Gasteiger partial charge in [0.05, 0.1) is 0 Å². The van der Waals surface area contributed by atoms with E-state index in [9.17, 15) is 14.4 Å². The highest BCUT2D eigenvalue weighted by Gasteiger charge is 2.39. The van der Waals surface area contributed by atoms with Crippen molar-refractivity contribution in [1.82, 2.24) is 15.5 Å². The Bertz CT molecular complexity index is 832. The number of carbonyl (C=O) groups excluding carboxylic acids is 3. The maximum atomic E-state index is 14.0. The van der Waals surface area contributed by atoms with Crippen LogP contribution in [0.15, 0.2) is 24.3 Å². The van der Waals surface area contributed by atoms with Crippen LogP contribution in [-0.2, 0) is 14.3 Å². The number of unbranched alkanes of at least 4 members (excludes halogenated alkanes) is 2. The quantitative estimate of drug-likeness (QED) is 0.379. The van der Waals surface area contributed by atoms with Crippen LogP contribution in [0.2, 0.25) is 0 Å². The lowest BCUT2D eigenvalue weighted by Gasteiger charge is -2.39. The molecule has 0 bridgehead atoms. The van der Waals surface area contributed by atoms with Gasteiger partial charge in [0.25, 0.3) is 0 Å². The van der Waals surface area contributed by atoms with Crippen molar-refractivity contribution >= 4 is 17.9 Å². The van der Waals surface area contributed by atoms with Gasteiger partial charge in [0.2, 0.25) is 11.8 Å². The summed E-state index contributed by atoms with van der Waals surface area (Å²) in [5.74, 6) is -0.706. The monoisotopic (exact) mass is 489 g/mol. The molecule has 198 valence electrons. The van der Waals surface area contributed by atoms with Crippen LogP contribution in [-0.4, -0.2) is 47.0 Å². The lowest BCUT2D eigenvalue weighted by Crippen LogP contribution is -2.57. The number of alkyl carbamates (subject to hydrolysis) is 1. The van der Waals surface area contributed by atoms with Crippen molar-refractivity contribution in [3.05, 3.63) is 35.4 Å². The van der Waals surface area contributed by atoms with Gasteiger partial charge in [0.1, 0.15) is 17.7 Å². The average Bonchev–Trinajstić information content (AvgIpc) is 2.76. The molecule has 35 heavy (non-hydrogen) atoms. The number of carbonyl (C=O) groups is 3. The number of nitrogens with zero attached hydrogens (tertiary/aromatic N) is 1. The lowest BCUT2D eigenvalue weighted by atomic mass is 9.96. The van der Waals surface area contributed by atoms with E-state index < -0.39 is 23.8 Å². The van der Waals surface area contributed by atoms with Gasteiger partial charge in [-0.1, -0.05) is 70.4 Å². The van der Waals surface area contributed by atoms with Crippen molar-refractivity contribution in [2.45, 2.75) is 112 Å². The first-order valence-electron chi connectivity index (χ1n) is 13.0. The maximum Gasteiger partial charge on any atom is 0.408 e. The maximum absolute atomic E-state index is 14.0. The van der Waals surface area contributed by atoms with Gasteiger partial charge in [-0.05, 0) is 58.9 Å². The highest BCUT2D eigenvalue weighted by Crippen LogP contribution is 2.28. The summed E-state index contributed by atoms with van der Waals surface area (Å²) in [5.41, 5.74) is 1.08. The molecule has 0 aliphatic rings. The Hall–Kier alpha value is -2.57. The molecule has 1 aromatic rings. The van der Waals surface area contributed by atoms with Gasteiger partial charge in [-0.2, -0.15) is 0 Å². The number of hydrogen-bond acceptors (Lipinski definition) is 4. The van der Waals surface area contributed by atoms with Gasteiger partial charge in [-0.15, -0.1) is 0 Å². The van der Waals surface area contributed by atoms with E-state index in [1.165, 1.54) is 0 Å². The normalized spacial score (nSPS) is 14.1. The smallest absolute Gasteiger partial charge is 0.408 e. The molecule has 3 unspecified atom stereocenters. The van der Waals surface area contributed by atoms with E-state index in [2.05, 4.69) is 17.6 Å². The second-order valence-corrected chi connectivity index (χ2v) is 10.7. The van der Waals surface area contributed by atoms with Crippen LogP contribution < -0.4 is 10.6 Å². The number of aryl methyl sites for hydroxylation is 1. The Balaban J connectivity index is 3.42. The van der Waals surface area contributed by atoms with E-state index in [0.717, 1.165) is 30.4 Å². The van der Waals surface area contributed by atoms with Crippen LogP contribution in [0, 0.1) is 12.8 Å². The fourth-order valence-corrected chi connectivity index (χ4v) is 3.87. The van der Waals surface area contributed by atoms with Crippen LogP contribution >= 0.6 is 0 Å². The molecule has 3 atom stereocenters. The molecular formula is C28H47N3O4. The highest BCUT2D eigenvalue weighted by molar-refractivity contribution is 5.92. The predicted molar refractivity (Wildman–Crippen MR) is 141 cm³/mol. The zero-order valence-electron chi connectivity index (χ0n) is 23.2. The summed E-state index contributed by atoms with van der Waals surface area (Å²) in [6.07, 6.45) is 2.98. The number of ether oxygens (including phenoxy) is 1. The van der Waals surface area contributed by atoms with Crippen molar-refractivity contribution in [2.24, 2.45) is 5.92 Å². The zero-order valence-corrected chi connectivity index (χ0v) is 23.2. The molecule has 1 rings (SSSR count). The molecule has 7 nitrogen and oxygen atoms in total. The van der Waals surface area contributed by atoms with Crippen LogP contribution in [0.3, 0.4) is 0 Å². The summed E-state index contributed by atoms with van der Waals surface area (Å²) in [4.78, 5) is 41.8. The van der Waals surface area contributed by atoms with Crippen LogP contribution in [0.4, 0.5) is 4.79 Å². The molecular weight excluding hydrogens is 442 g/mol. The molecule has 0 aliphatic carbocycles. The average molecular weight is 490 g/mol.